The van der Waals surface area contributed by atoms with E-state index in [1.54, 1.807) is 6.07 Å². The Bertz CT molecular complexity index is 827. The third-order valence-electron chi connectivity index (χ3n) is 3.89. The number of nitrogen functional groups attached to an aromatic ring is 1. The monoisotopic (exact) mass is 328 g/mol. The average molecular weight is 328 g/mol. The number of benzene rings is 1. The van der Waals surface area contributed by atoms with Crippen LogP contribution in [0.1, 0.15) is 41.1 Å². The van der Waals surface area contributed by atoms with Crippen LogP contribution in [0.4, 0.5) is 11.4 Å². The second-order valence-electron chi connectivity index (χ2n) is 5.83. The van der Waals surface area contributed by atoms with Gasteiger partial charge in [0.25, 0.3) is 11.6 Å². The molecule has 0 unspecified atom stereocenters. The summed E-state index contributed by atoms with van der Waals surface area (Å²) in [6.07, 6.45) is 2.50. The summed E-state index contributed by atoms with van der Waals surface area (Å²) in [6, 6.07) is 7.35. The van der Waals surface area contributed by atoms with E-state index in [-0.39, 0.29) is 16.9 Å². The molecule has 0 saturated heterocycles. The molecule has 2 atom stereocenters. The quantitative estimate of drug-likeness (QED) is 0.378. The number of amides is 1. The lowest BCUT2D eigenvalue weighted by atomic mass is 10.1. The second kappa shape index (κ2) is 6.15. The molecule has 1 aromatic heterocycles. The van der Waals surface area contributed by atoms with E-state index in [0.29, 0.717) is 17.6 Å². The maximum absolute atomic E-state index is 12.0. The molecule has 0 aliphatic heterocycles. The summed E-state index contributed by atoms with van der Waals surface area (Å²) in [5, 5.41) is 14.6. The number of anilines is 1. The summed E-state index contributed by atoms with van der Waals surface area (Å²) in [5.74, 6) is 1.96. The van der Waals surface area contributed by atoms with Crippen molar-refractivity contribution in [3.05, 3.63) is 57.5 Å². The first-order valence-corrected chi connectivity index (χ1v) is 7.42. The van der Waals surface area contributed by atoms with E-state index in [9.17, 15) is 14.9 Å². The number of nitro benzene ring substituents is 1. The van der Waals surface area contributed by atoms with Gasteiger partial charge >= 0.3 is 0 Å². The minimum atomic E-state index is -0.611. The largest absolute Gasteiger partial charge is 0.460 e. The first-order chi connectivity index (χ1) is 11.4. The Morgan fingerprint density at radius 3 is 2.88 bits per heavy atom. The number of carbonyl (C=O) groups excluding carboxylic acids is 1. The Kier molecular flexibility index (Phi) is 4.03. The lowest BCUT2D eigenvalue weighted by Crippen LogP contribution is -2.18. The molecule has 8 nitrogen and oxygen atoms in total. The van der Waals surface area contributed by atoms with Crippen molar-refractivity contribution in [2.45, 2.75) is 19.3 Å². The maximum atomic E-state index is 12.0. The van der Waals surface area contributed by atoms with E-state index in [4.69, 9.17) is 10.2 Å². The highest BCUT2D eigenvalue weighted by atomic mass is 16.6. The number of hydrogen-bond acceptors (Lipinski definition) is 6. The SMILES string of the molecule is C[C@@H]1C[C@@H]1c1ccc(/C=N\NC(=O)c2cc(N)cc([N+](=O)[O-])c2)o1. The molecular formula is C16H16N4O4. The molecule has 8 heteroatoms. The molecule has 24 heavy (non-hydrogen) atoms. The van der Waals surface area contributed by atoms with Gasteiger partial charge in [-0.25, -0.2) is 5.43 Å². The van der Waals surface area contributed by atoms with Gasteiger partial charge in [0.05, 0.1) is 16.7 Å². The number of nitrogens with one attached hydrogen (secondary N) is 1. The first kappa shape index (κ1) is 15.7. The van der Waals surface area contributed by atoms with E-state index in [2.05, 4.69) is 17.5 Å². The van der Waals surface area contributed by atoms with Crippen LogP contribution in [0.3, 0.4) is 0 Å². The van der Waals surface area contributed by atoms with E-state index in [1.165, 1.54) is 18.3 Å². The zero-order valence-corrected chi connectivity index (χ0v) is 12.9. The Balaban J connectivity index is 1.64. The zero-order valence-electron chi connectivity index (χ0n) is 12.9. The fourth-order valence-electron chi connectivity index (χ4n) is 2.45. The van der Waals surface area contributed by atoms with Gasteiger partial charge in [-0.1, -0.05) is 6.92 Å². The number of nitrogens with zero attached hydrogens (tertiary/aromatic N) is 2. The maximum Gasteiger partial charge on any atom is 0.272 e. The summed E-state index contributed by atoms with van der Waals surface area (Å²) >= 11 is 0. The number of non-ortho nitro benzene ring substituents is 1. The van der Waals surface area contributed by atoms with Crippen LogP contribution in [0.5, 0.6) is 0 Å². The highest BCUT2D eigenvalue weighted by molar-refractivity contribution is 5.96. The fraction of sp³-hybridized carbons (Fsp3) is 0.250. The number of hydrogen-bond donors (Lipinski definition) is 2. The van der Waals surface area contributed by atoms with Gasteiger partial charge in [-0.15, -0.1) is 0 Å². The minimum Gasteiger partial charge on any atom is -0.460 e. The first-order valence-electron chi connectivity index (χ1n) is 7.42. The highest BCUT2D eigenvalue weighted by Gasteiger charge is 2.36. The molecule has 1 saturated carbocycles. The van der Waals surface area contributed by atoms with Crippen molar-refractivity contribution in [2.75, 3.05) is 5.73 Å². The van der Waals surface area contributed by atoms with E-state index in [0.717, 1.165) is 18.2 Å². The van der Waals surface area contributed by atoms with Crippen LogP contribution in [0.15, 0.2) is 39.9 Å². The molecule has 1 fully saturated rings. The normalized spacial score (nSPS) is 19.4. The molecule has 124 valence electrons. The van der Waals surface area contributed by atoms with Crippen LogP contribution >= 0.6 is 0 Å². The minimum absolute atomic E-state index is 0.0609. The van der Waals surface area contributed by atoms with Crippen molar-refractivity contribution in [3.63, 3.8) is 0 Å². The Morgan fingerprint density at radius 2 is 2.21 bits per heavy atom. The fourth-order valence-corrected chi connectivity index (χ4v) is 2.45. The molecule has 1 amide bonds. The predicted molar refractivity (Wildman–Crippen MR) is 87.8 cm³/mol. The van der Waals surface area contributed by atoms with Crippen molar-refractivity contribution < 1.29 is 14.1 Å². The predicted octanol–water partition coefficient (Wildman–Crippen LogP) is 2.66. The van der Waals surface area contributed by atoms with Crippen molar-refractivity contribution in [3.8, 4) is 0 Å². The smallest absolute Gasteiger partial charge is 0.272 e. The van der Waals surface area contributed by atoms with Crippen LogP contribution in [-0.4, -0.2) is 17.0 Å². The average Bonchev–Trinajstić information content (AvgIpc) is 3.08. The van der Waals surface area contributed by atoms with Crippen molar-refractivity contribution >= 4 is 23.5 Å². The van der Waals surface area contributed by atoms with Crippen LogP contribution in [0, 0.1) is 16.0 Å². The summed E-state index contributed by atoms with van der Waals surface area (Å²) < 4.78 is 5.63. The number of furan rings is 1. The lowest BCUT2D eigenvalue weighted by Gasteiger charge is -2.01. The lowest BCUT2D eigenvalue weighted by molar-refractivity contribution is -0.384. The van der Waals surface area contributed by atoms with Crippen molar-refractivity contribution in [1.29, 1.82) is 0 Å². The number of nitrogens with two attached hydrogens (primary N) is 1. The number of rotatable bonds is 5. The standard InChI is InChI=1S/C16H16N4O4/c1-9-4-14(9)15-3-2-13(24-15)8-18-19-16(21)10-5-11(17)7-12(6-10)20(22)23/h2-3,5-9,14H,4,17H2,1H3,(H,19,21)/b18-8-/t9-,14+/m1/s1. The Hall–Kier alpha value is -3.16. The number of nitro groups is 1. The molecule has 3 rings (SSSR count). The molecule has 0 bridgehead atoms. The molecule has 1 heterocycles. The van der Waals surface area contributed by atoms with Gasteiger partial charge in [-0.3, -0.25) is 14.9 Å². The topological polar surface area (TPSA) is 124 Å². The van der Waals surface area contributed by atoms with Gasteiger partial charge in [0, 0.05) is 23.7 Å². The van der Waals surface area contributed by atoms with Gasteiger partial charge in [0.2, 0.25) is 0 Å². The van der Waals surface area contributed by atoms with Crippen LogP contribution < -0.4 is 11.2 Å². The molecule has 0 radical (unpaired) electrons. The Labute approximate surface area is 137 Å². The second-order valence-corrected chi connectivity index (χ2v) is 5.83. The van der Waals surface area contributed by atoms with Gasteiger partial charge < -0.3 is 10.2 Å². The molecule has 3 N–H and O–H groups in total. The molecule has 1 aliphatic carbocycles. The molecule has 1 aliphatic rings. The number of hydrazone groups is 1. The summed E-state index contributed by atoms with van der Waals surface area (Å²) in [6.45, 7) is 2.16. The van der Waals surface area contributed by atoms with Gasteiger partial charge in [-0.05, 0) is 30.5 Å². The van der Waals surface area contributed by atoms with E-state index >= 15 is 0 Å². The van der Waals surface area contributed by atoms with Crippen LogP contribution in [0.2, 0.25) is 0 Å². The molecular weight excluding hydrogens is 312 g/mol. The van der Waals surface area contributed by atoms with Gasteiger partial charge in [-0.2, -0.15) is 5.10 Å². The van der Waals surface area contributed by atoms with Gasteiger partial charge in [0.1, 0.15) is 11.5 Å². The van der Waals surface area contributed by atoms with Gasteiger partial charge in [0.15, 0.2) is 0 Å². The summed E-state index contributed by atoms with van der Waals surface area (Å²) in [5.41, 5.74) is 7.80. The highest BCUT2D eigenvalue weighted by Crippen LogP contribution is 2.47. The molecule has 2 aromatic rings. The van der Waals surface area contributed by atoms with E-state index < -0.39 is 10.8 Å². The van der Waals surface area contributed by atoms with Crippen molar-refractivity contribution in [1.82, 2.24) is 5.43 Å². The number of carbonyl (C=O) groups is 1. The van der Waals surface area contributed by atoms with E-state index in [1.807, 2.05) is 6.07 Å². The molecule has 0 spiro atoms. The summed E-state index contributed by atoms with van der Waals surface area (Å²) in [7, 11) is 0. The van der Waals surface area contributed by atoms with Crippen molar-refractivity contribution in [2.24, 2.45) is 11.0 Å². The van der Waals surface area contributed by atoms with Crippen LogP contribution in [-0.2, 0) is 0 Å². The molecule has 1 aromatic carbocycles. The Morgan fingerprint density at radius 1 is 1.46 bits per heavy atom. The third kappa shape index (κ3) is 3.43. The zero-order chi connectivity index (χ0) is 17.3. The summed E-state index contributed by atoms with van der Waals surface area (Å²) in [4.78, 5) is 22.2. The van der Waals surface area contributed by atoms with Crippen LogP contribution in [0.25, 0.3) is 0 Å². The third-order valence-corrected chi connectivity index (χ3v) is 3.89.